The zero-order chi connectivity index (χ0) is 20.0. The molecule has 2 amide bonds. The molecule has 6 nitrogen and oxygen atoms in total. The van der Waals surface area contributed by atoms with Crippen LogP contribution in [0.15, 0.2) is 23.6 Å². The van der Waals surface area contributed by atoms with E-state index >= 15 is 0 Å². The number of benzene rings is 1. The van der Waals surface area contributed by atoms with E-state index in [1.165, 1.54) is 11.3 Å². The highest BCUT2D eigenvalue weighted by Crippen LogP contribution is 2.32. The van der Waals surface area contributed by atoms with Crippen molar-refractivity contribution in [3.8, 4) is 11.3 Å². The van der Waals surface area contributed by atoms with Crippen LogP contribution in [-0.4, -0.2) is 47.4 Å². The summed E-state index contributed by atoms with van der Waals surface area (Å²) in [5.41, 5.74) is 1.42. The van der Waals surface area contributed by atoms with Gasteiger partial charge in [-0.05, 0) is 38.6 Å². The average Bonchev–Trinajstić information content (AvgIpc) is 3.01. The van der Waals surface area contributed by atoms with E-state index in [9.17, 15) is 9.59 Å². The van der Waals surface area contributed by atoms with Crippen molar-refractivity contribution in [3.05, 3.63) is 33.6 Å². The molecule has 27 heavy (non-hydrogen) atoms. The lowest BCUT2D eigenvalue weighted by Crippen LogP contribution is -2.42. The van der Waals surface area contributed by atoms with Crippen LogP contribution < -0.4 is 10.6 Å². The fraction of sp³-hybridized carbons (Fsp3) is 0.389. The SMILES string of the molecule is CCN(CC(=O)Nc1nc(-c2ccc(Cl)cc2Cl)cs1)CC(=O)NC(C)C. The molecule has 0 bridgehead atoms. The monoisotopic (exact) mass is 428 g/mol. The first kappa shape index (κ1) is 21.6. The second-order valence-electron chi connectivity index (χ2n) is 6.24. The van der Waals surface area contributed by atoms with E-state index in [4.69, 9.17) is 23.2 Å². The number of hydrogen-bond donors (Lipinski definition) is 2. The van der Waals surface area contributed by atoms with Gasteiger partial charge in [-0.25, -0.2) is 4.98 Å². The average molecular weight is 429 g/mol. The van der Waals surface area contributed by atoms with Gasteiger partial charge in [0.1, 0.15) is 0 Å². The van der Waals surface area contributed by atoms with Gasteiger partial charge in [-0.2, -0.15) is 0 Å². The highest BCUT2D eigenvalue weighted by atomic mass is 35.5. The van der Waals surface area contributed by atoms with Gasteiger partial charge < -0.3 is 10.6 Å². The summed E-state index contributed by atoms with van der Waals surface area (Å²) in [5.74, 6) is -0.328. The Bertz CT molecular complexity index is 810. The molecule has 0 aliphatic carbocycles. The van der Waals surface area contributed by atoms with Crippen molar-refractivity contribution in [2.45, 2.75) is 26.8 Å². The van der Waals surface area contributed by atoms with Crippen LogP contribution in [0, 0.1) is 0 Å². The number of likely N-dealkylation sites (N-methyl/N-ethyl adjacent to an activating group) is 1. The van der Waals surface area contributed by atoms with Crippen molar-refractivity contribution >= 4 is 51.5 Å². The Hall–Kier alpha value is -1.67. The maximum Gasteiger partial charge on any atom is 0.240 e. The maximum absolute atomic E-state index is 12.3. The van der Waals surface area contributed by atoms with E-state index in [0.717, 1.165) is 5.56 Å². The number of anilines is 1. The fourth-order valence-electron chi connectivity index (χ4n) is 2.36. The molecule has 146 valence electrons. The third-order valence-electron chi connectivity index (χ3n) is 3.59. The quantitative estimate of drug-likeness (QED) is 0.668. The number of halogens is 2. The van der Waals surface area contributed by atoms with Gasteiger partial charge >= 0.3 is 0 Å². The van der Waals surface area contributed by atoms with Crippen molar-refractivity contribution in [2.24, 2.45) is 0 Å². The lowest BCUT2D eigenvalue weighted by atomic mass is 10.2. The molecular formula is C18H22Cl2N4O2S. The van der Waals surface area contributed by atoms with E-state index in [1.54, 1.807) is 23.1 Å². The number of hydrogen-bond acceptors (Lipinski definition) is 5. The van der Waals surface area contributed by atoms with Crippen LogP contribution in [0.5, 0.6) is 0 Å². The molecule has 0 saturated heterocycles. The van der Waals surface area contributed by atoms with E-state index in [-0.39, 0.29) is 30.9 Å². The van der Waals surface area contributed by atoms with Crippen LogP contribution in [0.4, 0.5) is 5.13 Å². The molecule has 0 unspecified atom stereocenters. The molecule has 0 atom stereocenters. The number of aromatic nitrogens is 1. The number of rotatable bonds is 8. The fourth-order valence-corrected chi connectivity index (χ4v) is 3.60. The van der Waals surface area contributed by atoms with Crippen LogP contribution >= 0.6 is 34.5 Å². The minimum atomic E-state index is -0.225. The predicted octanol–water partition coefficient (Wildman–Crippen LogP) is 3.90. The Balaban J connectivity index is 1.95. The number of thiazole rings is 1. The molecule has 0 saturated carbocycles. The summed E-state index contributed by atoms with van der Waals surface area (Å²) < 4.78 is 0. The number of amides is 2. The zero-order valence-corrected chi connectivity index (χ0v) is 17.7. The zero-order valence-electron chi connectivity index (χ0n) is 15.4. The predicted molar refractivity (Wildman–Crippen MR) is 112 cm³/mol. The number of carbonyl (C=O) groups excluding carboxylic acids is 2. The molecule has 9 heteroatoms. The molecule has 0 fully saturated rings. The molecule has 0 aliphatic rings. The van der Waals surface area contributed by atoms with Crippen molar-refractivity contribution in [3.63, 3.8) is 0 Å². The summed E-state index contributed by atoms with van der Waals surface area (Å²) >= 11 is 13.4. The third kappa shape index (κ3) is 6.77. The molecular weight excluding hydrogens is 407 g/mol. The Morgan fingerprint density at radius 3 is 2.56 bits per heavy atom. The summed E-state index contributed by atoms with van der Waals surface area (Å²) in [7, 11) is 0. The van der Waals surface area contributed by atoms with Gasteiger partial charge in [0.15, 0.2) is 5.13 Å². The Labute approximate surface area is 172 Å². The minimum Gasteiger partial charge on any atom is -0.353 e. The Morgan fingerprint density at radius 1 is 1.22 bits per heavy atom. The largest absolute Gasteiger partial charge is 0.353 e. The summed E-state index contributed by atoms with van der Waals surface area (Å²) in [6, 6.07) is 5.25. The van der Waals surface area contributed by atoms with E-state index < -0.39 is 0 Å². The second-order valence-corrected chi connectivity index (χ2v) is 7.94. The Morgan fingerprint density at radius 2 is 1.93 bits per heavy atom. The third-order valence-corrected chi connectivity index (χ3v) is 4.89. The molecule has 0 radical (unpaired) electrons. The first-order valence-corrected chi connectivity index (χ1v) is 10.1. The Kier molecular flexibility index (Phi) is 8.04. The van der Waals surface area contributed by atoms with Gasteiger partial charge in [0.2, 0.25) is 11.8 Å². The van der Waals surface area contributed by atoms with Crippen LogP contribution in [0.2, 0.25) is 10.0 Å². The minimum absolute atomic E-state index is 0.0680. The molecule has 1 aromatic heterocycles. The molecule has 2 N–H and O–H groups in total. The summed E-state index contributed by atoms with van der Waals surface area (Å²) in [6.07, 6.45) is 0. The van der Waals surface area contributed by atoms with Crippen LogP contribution in [0.1, 0.15) is 20.8 Å². The topological polar surface area (TPSA) is 74.3 Å². The van der Waals surface area contributed by atoms with Crippen molar-refractivity contribution in [2.75, 3.05) is 25.0 Å². The van der Waals surface area contributed by atoms with Crippen molar-refractivity contribution < 1.29 is 9.59 Å². The summed E-state index contributed by atoms with van der Waals surface area (Å²) in [4.78, 5) is 30.3. The van der Waals surface area contributed by atoms with Gasteiger partial charge in [-0.15, -0.1) is 11.3 Å². The molecule has 0 spiro atoms. The maximum atomic E-state index is 12.3. The lowest BCUT2D eigenvalue weighted by Gasteiger charge is -2.19. The summed E-state index contributed by atoms with van der Waals surface area (Å²) in [6.45, 7) is 6.56. The molecule has 0 aliphatic heterocycles. The summed E-state index contributed by atoms with van der Waals surface area (Å²) in [5, 5.41) is 8.93. The molecule has 2 aromatic rings. The lowest BCUT2D eigenvalue weighted by molar-refractivity contribution is -0.123. The normalized spacial score (nSPS) is 11.1. The molecule has 2 rings (SSSR count). The molecule has 1 heterocycles. The smallest absolute Gasteiger partial charge is 0.240 e. The highest BCUT2D eigenvalue weighted by Gasteiger charge is 2.15. The number of nitrogens with one attached hydrogen (secondary N) is 2. The van der Waals surface area contributed by atoms with Crippen LogP contribution in [-0.2, 0) is 9.59 Å². The van der Waals surface area contributed by atoms with E-state index in [1.807, 2.05) is 26.2 Å². The molecule has 1 aromatic carbocycles. The van der Waals surface area contributed by atoms with E-state index in [0.29, 0.717) is 27.4 Å². The first-order chi connectivity index (χ1) is 12.8. The number of nitrogens with zero attached hydrogens (tertiary/aromatic N) is 2. The van der Waals surface area contributed by atoms with E-state index in [2.05, 4.69) is 15.6 Å². The van der Waals surface area contributed by atoms with Crippen LogP contribution in [0.3, 0.4) is 0 Å². The van der Waals surface area contributed by atoms with Gasteiger partial charge in [-0.3, -0.25) is 14.5 Å². The van der Waals surface area contributed by atoms with Gasteiger partial charge in [0.25, 0.3) is 0 Å². The first-order valence-electron chi connectivity index (χ1n) is 8.51. The van der Waals surface area contributed by atoms with Gasteiger partial charge in [0.05, 0.1) is 23.8 Å². The highest BCUT2D eigenvalue weighted by molar-refractivity contribution is 7.14. The van der Waals surface area contributed by atoms with Gasteiger partial charge in [0, 0.05) is 22.0 Å². The van der Waals surface area contributed by atoms with Crippen LogP contribution in [0.25, 0.3) is 11.3 Å². The van der Waals surface area contributed by atoms with Crippen molar-refractivity contribution in [1.82, 2.24) is 15.2 Å². The standard InChI is InChI=1S/C18H22Cl2N4O2S/c1-4-24(8-16(25)21-11(2)3)9-17(26)23-18-22-15(10-27-18)13-6-5-12(19)7-14(13)20/h5-7,10-11H,4,8-9H2,1-3H3,(H,21,25)(H,22,23,26). The van der Waals surface area contributed by atoms with Crippen molar-refractivity contribution in [1.29, 1.82) is 0 Å². The van der Waals surface area contributed by atoms with Gasteiger partial charge in [-0.1, -0.05) is 30.1 Å². The second kappa shape index (κ2) is 10.0. The number of carbonyl (C=O) groups is 2.